The lowest BCUT2D eigenvalue weighted by Gasteiger charge is -2.10. The highest BCUT2D eigenvalue weighted by molar-refractivity contribution is 6.07. The number of hydrogen-bond donors (Lipinski definition) is 2. The molecule has 1 amide bonds. The Morgan fingerprint density at radius 1 is 1.16 bits per heavy atom. The van der Waals surface area contributed by atoms with Gasteiger partial charge in [0.1, 0.15) is 23.5 Å². The fourth-order valence-corrected chi connectivity index (χ4v) is 3.71. The predicted octanol–water partition coefficient (Wildman–Crippen LogP) is 4.06. The number of benzene rings is 1. The quantitative estimate of drug-likeness (QED) is 0.441. The maximum absolute atomic E-state index is 13.0. The molecule has 0 atom stereocenters. The number of carbonyl (C=O) groups excluding carboxylic acids is 1. The third kappa shape index (κ3) is 3.53. The van der Waals surface area contributed by atoms with E-state index in [1.165, 1.54) is 0 Å². The van der Waals surface area contributed by atoms with Crippen LogP contribution in [-0.4, -0.2) is 40.4 Å². The lowest BCUT2D eigenvalue weighted by Crippen LogP contribution is -2.13. The van der Waals surface area contributed by atoms with E-state index < -0.39 is 0 Å². The molecule has 0 bridgehead atoms. The number of rotatable bonds is 5. The number of carbonyl (C=O) groups is 1. The topological polar surface area (TPSA) is 106 Å². The van der Waals surface area contributed by atoms with E-state index in [1.54, 1.807) is 17.1 Å². The summed E-state index contributed by atoms with van der Waals surface area (Å²) in [6.45, 7) is 4.10. The SMILES string of the molecule is CC(C)n1cnnc1-c1cccc(NC(=O)c2cc3c(-c4cnn(C)c4)cccc3[nH]2)n1. The molecule has 0 aliphatic heterocycles. The number of nitrogens with one attached hydrogen (secondary N) is 2. The molecule has 5 rings (SSSR count). The molecule has 0 unspecified atom stereocenters. The van der Waals surface area contributed by atoms with E-state index in [1.807, 2.05) is 74.3 Å². The van der Waals surface area contributed by atoms with Crippen molar-refractivity contribution in [3.63, 3.8) is 0 Å². The Morgan fingerprint density at radius 3 is 2.78 bits per heavy atom. The summed E-state index contributed by atoms with van der Waals surface area (Å²) >= 11 is 0. The molecule has 2 N–H and O–H groups in total. The van der Waals surface area contributed by atoms with E-state index in [2.05, 4.69) is 30.6 Å². The standard InChI is InChI=1S/C23H22N8O/c1-14(2)31-13-24-29-22(31)19-8-5-9-21(27-19)28-23(32)20-10-17-16(6-4-7-18(17)26-20)15-11-25-30(3)12-15/h4-14,26H,1-3H3,(H,27,28,32). The van der Waals surface area contributed by atoms with Gasteiger partial charge in [0.05, 0.1) is 6.20 Å². The van der Waals surface area contributed by atoms with Crippen LogP contribution in [0, 0.1) is 0 Å². The van der Waals surface area contributed by atoms with Gasteiger partial charge in [-0.05, 0) is 43.7 Å². The molecular weight excluding hydrogens is 404 g/mol. The van der Waals surface area contributed by atoms with E-state index in [0.29, 0.717) is 23.0 Å². The minimum Gasteiger partial charge on any atom is -0.350 e. The summed E-state index contributed by atoms with van der Waals surface area (Å²) in [5.41, 5.74) is 3.98. The van der Waals surface area contributed by atoms with E-state index in [9.17, 15) is 4.79 Å². The average Bonchev–Trinajstić information content (AvgIpc) is 3.52. The maximum Gasteiger partial charge on any atom is 0.273 e. The van der Waals surface area contributed by atoms with Crippen LogP contribution in [0.25, 0.3) is 33.5 Å². The molecule has 0 aliphatic carbocycles. The Balaban J connectivity index is 1.44. The van der Waals surface area contributed by atoms with Crippen LogP contribution >= 0.6 is 0 Å². The van der Waals surface area contributed by atoms with Crippen molar-refractivity contribution in [2.75, 3.05) is 5.32 Å². The van der Waals surface area contributed by atoms with Crippen molar-refractivity contribution in [1.82, 2.24) is 34.5 Å². The van der Waals surface area contributed by atoms with Crippen LogP contribution in [0.1, 0.15) is 30.4 Å². The first-order chi connectivity index (χ1) is 15.5. The Hall–Kier alpha value is -4.27. The highest BCUT2D eigenvalue weighted by atomic mass is 16.1. The van der Waals surface area contributed by atoms with Gasteiger partial charge in [0.25, 0.3) is 5.91 Å². The van der Waals surface area contributed by atoms with Gasteiger partial charge in [0, 0.05) is 35.8 Å². The zero-order valence-electron chi connectivity index (χ0n) is 17.9. The molecule has 32 heavy (non-hydrogen) atoms. The Labute approximate surface area is 184 Å². The Morgan fingerprint density at radius 2 is 2.00 bits per heavy atom. The van der Waals surface area contributed by atoms with Crippen molar-refractivity contribution in [3.8, 4) is 22.6 Å². The van der Waals surface area contributed by atoms with Crippen molar-refractivity contribution in [2.45, 2.75) is 19.9 Å². The van der Waals surface area contributed by atoms with Gasteiger partial charge in [-0.15, -0.1) is 10.2 Å². The summed E-state index contributed by atoms with van der Waals surface area (Å²) in [5.74, 6) is 0.827. The van der Waals surface area contributed by atoms with Crippen molar-refractivity contribution in [1.29, 1.82) is 0 Å². The van der Waals surface area contributed by atoms with Gasteiger partial charge in [-0.2, -0.15) is 5.10 Å². The molecule has 0 saturated heterocycles. The molecule has 0 radical (unpaired) electrons. The summed E-state index contributed by atoms with van der Waals surface area (Å²) in [7, 11) is 1.88. The van der Waals surface area contributed by atoms with Gasteiger partial charge in [0.2, 0.25) is 0 Å². The molecule has 1 aromatic carbocycles. The molecule has 9 heteroatoms. The van der Waals surface area contributed by atoms with Crippen LogP contribution in [0.15, 0.2) is 61.2 Å². The van der Waals surface area contributed by atoms with Crippen molar-refractivity contribution < 1.29 is 4.79 Å². The molecule has 160 valence electrons. The highest BCUT2D eigenvalue weighted by Gasteiger charge is 2.16. The third-order valence-electron chi connectivity index (χ3n) is 5.27. The minimum atomic E-state index is -0.270. The van der Waals surface area contributed by atoms with Crippen LogP contribution in [0.4, 0.5) is 5.82 Å². The van der Waals surface area contributed by atoms with Gasteiger partial charge in [0.15, 0.2) is 5.82 Å². The molecule has 4 aromatic heterocycles. The van der Waals surface area contributed by atoms with E-state index >= 15 is 0 Å². The second kappa shape index (κ2) is 7.77. The molecular formula is C23H22N8O. The average molecular weight is 426 g/mol. The maximum atomic E-state index is 13.0. The number of aryl methyl sites for hydroxylation is 1. The van der Waals surface area contributed by atoms with Crippen LogP contribution in [-0.2, 0) is 7.05 Å². The number of H-pyrrole nitrogens is 1. The summed E-state index contributed by atoms with van der Waals surface area (Å²) in [5, 5.41) is 16.3. The van der Waals surface area contributed by atoms with Gasteiger partial charge < -0.3 is 14.9 Å². The fourth-order valence-electron chi connectivity index (χ4n) is 3.71. The Kier molecular flexibility index (Phi) is 4.78. The van der Waals surface area contributed by atoms with Crippen LogP contribution in [0.5, 0.6) is 0 Å². The summed E-state index contributed by atoms with van der Waals surface area (Å²) in [6.07, 6.45) is 5.44. The van der Waals surface area contributed by atoms with Crippen molar-refractivity contribution >= 4 is 22.6 Å². The van der Waals surface area contributed by atoms with Crippen LogP contribution in [0.3, 0.4) is 0 Å². The first-order valence-electron chi connectivity index (χ1n) is 10.3. The minimum absolute atomic E-state index is 0.195. The normalized spacial score (nSPS) is 11.4. The number of aromatic nitrogens is 7. The van der Waals surface area contributed by atoms with Gasteiger partial charge in [-0.25, -0.2) is 4.98 Å². The van der Waals surface area contributed by atoms with E-state index in [4.69, 9.17) is 0 Å². The predicted molar refractivity (Wildman–Crippen MR) is 122 cm³/mol. The molecule has 4 heterocycles. The van der Waals surface area contributed by atoms with E-state index in [-0.39, 0.29) is 11.9 Å². The summed E-state index contributed by atoms with van der Waals surface area (Å²) in [6, 6.07) is 13.4. The second-order valence-corrected chi connectivity index (χ2v) is 7.87. The van der Waals surface area contributed by atoms with E-state index in [0.717, 1.165) is 22.0 Å². The number of amides is 1. The summed E-state index contributed by atoms with van der Waals surface area (Å²) in [4.78, 5) is 20.7. The van der Waals surface area contributed by atoms with Crippen LogP contribution < -0.4 is 5.32 Å². The number of fused-ring (bicyclic) bond motifs is 1. The number of aromatic amines is 1. The van der Waals surface area contributed by atoms with Crippen molar-refractivity contribution in [3.05, 3.63) is 66.9 Å². The second-order valence-electron chi connectivity index (χ2n) is 7.87. The first-order valence-corrected chi connectivity index (χ1v) is 10.3. The number of anilines is 1. The van der Waals surface area contributed by atoms with Crippen molar-refractivity contribution in [2.24, 2.45) is 7.05 Å². The monoisotopic (exact) mass is 426 g/mol. The first kappa shape index (κ1) is 19.7. The van der Waals surface area contributed by atoms with Gasteiger partial charge in [-0.3, -0.25) is 9.48 Å². The zero-order chi connectivity index (χ0) is 22.2. The fraction of sp³-hybridized carbons (Fsp3) is 0.174. The smallest absolute Gasteiger partial charge is 0.273 e. The lowest BCUT2D eigenvalue weighted by atomic mass is 10.1. The molecule has 5 aromatic rings. The third-order valence-corrected chi connectivity index (χ3v) is 5.27. The van der Waals surface area contributed by atoms with Gasteiger partial charge in [-0.1, -0.05) is 18.2 Å². The molecule has 0 spiro atoms. The molecule has 0 fully saturated rings. The number of nitrogens with zero attached hydrogens (tertiary/aromatic N) is 6. The van der Waals surface area contributed by atoms with Crippen LogP contribution in [0.2, 0.25) is 0 Å². The molecule has 9 nitrogen and oxygen atoms in total. The number of hydrogen-bond acceptors (Lipinski definition) is 5. The largest absolute Gasteiger partial charge is 0.350 e. The highest BCUT2D eigenvalue weighted by Crippen LogP contribution is 2.29. The molecule has 0 aliphatic rings. The van der Waals surface area contributed by atoms with Gasteiger partial charge >= 0.3 is 0 Å². The molecule has 0 saturated carbocycles. The number of pyridine rings is 1. The lowest BCUT2D eigenvalue weighted by molar-refractivity contribution is 0.102. The zero-order valence-corrected chi connectivity index (χ0v) is 17.9. The Bertz CT molecular complexity index is 1420. The summed E-state index contributed by atoms with van der Waals surface area (Å²) < 4.78 is 3.69.